The van der Waals surface area contributed by atoms with Crippen LogP contribution in [-0.4, -0.2) is 22.6 Å². The Morgan fingerprint density at radius 1 is 0.863 bits per heavy atom. The molecule has 0 aliphatic heterocycles. The maximum Gasteiger partial charge on any atom is 0.120 e. The molecule has 0 fully saturated rings. The van der Waals surface area contributed by atoms with Crippen molar-refractivity contribution in [3.05, 3.63) is 144 Å². The molecule has 0 saturated carbocycles. The van der Waals surface area contributed by atoms with Crippen LogP contribution in [-0.2, 0) is 20.1 Å². The molecule has 3 heterocycles. The molecule has 1 radical (unpaired) electrons. The zero-order chi connectivity index (χ0) is 38.6. The molecule has 51 heavy (non-hydrogen) atoms. The van der Waals surface area contributed by atoms with Crippen molar-refractivity contribution >= 4 is 46.2 Å². The molecule has 8 aromatic rings. The number of aryl methyl sites for hydroxylation is 3. The SMILES string of the molecule is Cc1cccc(C)c1-n1c(-c2[c-]ccc3c2oc2ccccc23)nc2ccccc21.[2H]C([2H])([2H])c1c[c-]c(-c2cc(C([2H])(C)C)c([Si](C)(C)C)cn2)cc1.[Ir]. The third kappa shape index (κ3) is 7.01. The molecule has 259 valence electrons. The van der Waals surface area contributed by atoms with Crippen LogP contribution in [0.3, 0.4) is 0 Å². The number of benzene rings is 5. The topological polar surface area (TPSA) is 43.9 Å². The standard InChI is InChI=1S/C27H19N2O.C18H24NSi.Ir/c1-17-9-7-10-18(2)25(17)29-23-15-5-4-14-22(23)28-27(29)21-13-8-12-20-19-11-3-6-16-24(19)30-26(20)21;1-13(2)16-11-17(15-9-7-14(3)8-10-15)19-12-18(16)20(4,5)6;/h3-12,14-16H,1-2H3;7-9,11-13H,1-6H3;/q2*-1;/i;3D3,13D;. The van der Waals surface area contributed by atoms with E-state index in [1.54, 1.807) is 12.1 Å². The molecule has 4 nitrogen and oxygen atoms in total. The zero-order valence-electron chi connectivity index (χ0n) is 34.0. The Balaban J connectivity index is 0.000000189. The minimum absolute atomic E-state index is 0. The second-order valence-electron chi connectivity index (χ2n) is 14.0. The largest absolute Gasteiger partial charge is 0.501 e. The third-order valence-electron chi connectivity index (χ3n) is 9.13. The van der Waals surface area contributed by atoms with Gasteiger partial charge in [0.15, 0.2) is 0 Å². The van der Waals surface area contributed by atoms with E-state index in [-0.39, 0.29) is 25.7 Å². The maximum absolute atomic E-state index is 8.48. The Morgan fingerprint density at radius 3 is 2.31 bits per heavy atom. The number of aromatic nitrogens is 3. The van der Waals surface area contributed by atoms with Gasteiger partial charge in [0.2, 0.25) is 0 Å². The third-order valence-corrected chi connectivity index (χ3v) is 11.1. The number of hydrogen-bond donors (Lipinski definition) is 0. The van der Waals surface area contributed by atoms with Crippen molar-refractivity contribution < 1.29 is 30.0 Å². The van der Waals surface area contributed by atoms with E-state index in [1.807, 2.05) is 56.4 Å². The van der Waals surface area contributed by atoms with Gasteiger partial charge in [-0.05, 0) is 59.9 Å². The monoisotopic (exact) mass is 866 g/mol. The Hall–Kier alpha value is -4.61. The molecule has 5 aromatic carbocycles. The second-order valence-corrected chi connectivity index (χ2v) is 19.1. The van der Waals surface area contributed by atoms with Gasteiger partial charge in [-0.3, -0.25) is 4.98 Å². The van der Waals surface area contributed by atoms with E-state index in [2.05, 4.69) is 104 Å². The molecule has 0 aliphatic carbocycles. The van der Waals surface area contributed by atoms with Crippen LogP contribution in [0.4, 0.5) is 0 Å². The molecular formula is C45H43IrN3OSi-2. The molecule has 3 aromatic heterocycles. The van der Waals surface area contributed by atoms with Gasteiger partial charge in [-0.2, -0.15) is 0 Å². The number of furan rings is 1. The summed E-state index contributed by atoms with van der Waals surface area (Å²) in [7, 11) is -1.61. The number of para-hydroxylation sites is 4. The Morgan fingerprint density at radius 2 is 1.61 bits per heavy atom. The molecule has 0 spiro atoms. The number of fused-ring (bicyclic) bond motifs is 4. The number of pyridine rings is 1. The van der Waals surface area contributed by atoms with Crippen molar-refractivity contribution in [1.29, 1.82) is 0 Å². The van der Waals surface area contributed by atoms with Gasteiger partial charge in [0.25, 0.3) is 0 Å². The Labute approximate surface area is 321 Å². The van der Waals surface area contributed by atoms with E-state index in [0.29, 0.717) is 0 Å². The molecule has 0 saturated heterocycles. The Kier molecular flexibility index (Phi) is 8.89. The van der Waals surface area contributed by atoms with Crippen LogP contribution in [0.5, 0.6) is 0 Å². The fourth-order valence-corrected chi connectivity index (χ4v) is 8.22. The van der Waals surface area contributed by atoms with E-state index < -0.39 is 20.8 Å². The molecule has 6 heteroatoms. The van der Waals surface area contributed by atoms with Gasteiger partial charge in [0.05, 0.1) is 30.5 Å². The van der Waals surface area contributed by atoms with E-state index >= 15 is 0 Å². The van der Waals surface area contributed by atoms with E-state index in [1.165, 1.54) is 22.4 Å². The first kappa shape index (κ1) is 31.1. The van der Waals surface area contributed by atoms with Crippen molar-refractivity contribution in [3.63, 3.8) is 0 Å². The first-order valence-electron chi connectivity index (χ1n) is 18.9. The van der Waals surface area contributed by atoms with Crippen LogP contribution >= 0.6 is 0 Å². The Bertz CT molecular complexity index is 2630. The second kappa shape index (κ2) is 14.6. The average molecular weight is 866 g/mol. The summed E-state index contributed by atoms with van der Waals surface area (Å²) in [5.74, 6) is 0.129. The van der Waals surface area contributed by atoms with Gasteiger partial charge in [-0.25, -0.2) is 0 Å². The molecular weight excluding hydrogens is 819 g/mol. The van der Waals surface area contributed by atoms with Gasteiger partial charge in [-0.15, -0.1) is 53.6 Å². The van der Waals surface area contributed by atoms with Gasteiger partial charge >= 0.3 is 0 Å². The molecule has 0 aliphatic rings. The zero-order valence-corrected chi connectivity index (χ0v) is 33.4. The number of nitrogens with zero attached hydrogens (tertiary/aromatic N) is 3. The average Bonchev–Trinajstić information content (AvgIpc) is 3.70. The normalized spacial score (nSPS) is 13.2. The molecule has 8 rings (SSSR count). The maximum atomic E-state index is 8.48. The predicted octanol–water partition coefficient (Wildman–Crippen LogP) is 11.5. The minimum atomic E-state index is -2.13. The number of imidazole rings is 1. The summed E-state index contributed by atoms with van der Waals surface area (Å²) in [5.41, 5.74) is 10.9. The summed E-state index contributed by atoms with van der Waals surface area (Å²) in [4.78, 5) is 9.59. The summed E-state index contributed by atoms with van der Waals surface area (Å²) in [5, 5.41) is 3.38. The first-order valence-corrected chi connectivity index (χ1v) is 20.4. The summed E-state index contributed by atoms with van der Waals surface area (Å²) in [6, 6.07) is 40.1. The number of hydrogen-bond acceptors (Lipinski definition) is 3. The van der Waals surface area contributed by atoms with Crippen LogP contribution in [0.25, 0.3) is 61.3 Å². The molecule has 0 unspecified atom stereocenters. The van der Waals surface area contributed by atoms with Crippen LogP contribution in [0.15, 0.2) is 114 Å². The van der Waals surface area contributed by atoms with Gasteiger partial charge < -0.3 is 14.0 Å². The first-order chi connectivity index (χ1) is 25.5. The summed E-state index contributed by atoms with van der Waals surface area (Å²) in [6.07, 6.45) is 1.89. The van der Waals surface area contributed by atoms with Crippen molar-refractivity contribution in [2.45, 2.75) is 60.1 Å². The summed E-state index contributed by atoms with van der Waals surface area (Å²) in [6.45, 7) is 12.7. The van der Waals surface area contributed by atoms with E-state index in [4.69, 9.17) is 14.9 Å². The van der Waals surface area contributed by atoms with E-state index in [0.717, 1.165) is 66.9 Å². The van der Waals surface area contributed by atoms with E-state index in [9.17, 15) is 0 Å². The van der Waals surface area contributed by atoms with Crippen molar-refractivity contribution in [2.75, 3.05) is 0 Å². The fraction of sp³-hybridized carbons (Fsp3) is 0.200. The van der Waals surface area contributed by atoms with Crippen LogP contribution in [0.2, 0.25) is 19.6 Å². The van der Waals surface area contributed by atoms with Gasteiger partial charge in [-0.1, -0.05) is 111 Å². The summed E-state index contributed by atoms with van der Waals surface area (Å²) >= 11 is 0. The van der Waals surface area contributed by atoms with Crippen molar-refractivity contribution in [2.24, 2.45) is 0 Å². The molecule has 0 bridgehead atoms. The summed E-state index contributed by atoms with van der Waals surface area (Å²) < 4.78 is 39.3. The predicted molar refractivity (Wildman–Crippen MR) is 212 cm³/mol. The fourth-order valence-electron chi connectivity index (χ4n) is 6.63. The van der Waals surface area contributed by atoms with Crippen LogP contribution < -0.4 is 5.19 Å². The van der Waals surface area contributed by atoms with Crippen LogP contribution in [0.1, 0.15) is 47.5 Å². The van der Waals surface area contributed by atoms with Crippen molar-refractivity contribution in [3.8, 4) is 28.3 Å². The van der Waals surface area contributed by atoms with Gasteiger partial charge in [0.1, 0.15) is 5.58 Å². The van der Waals surface area contributed by atoms with Gasteiger partial charge in [0, 0.05) is 42.9 Å². The molecule has 0 N–H and O–H groups in total. The van der Waals surface area contributed by atoms with Crippen molar-refractivity contribution in [1.82, 2.24) is 14.5 Å². The smallest absolute Gasteiger partial charge is 0.120 e. The van der Waals surface area contributed by atoms with Crippen LogP contribution in [0, 0.1) is 32.8 Å². The molecule has 0 amide bonds. The minimum Gasteiger partial charge on any atom is -0.501 e. The molecule has 0 atom stereocenters. The quantitative estimate of drug-likeness (QED) is 0.128. The number of rotatable bonds is 5.